The van der Waals surface area contributed by atoms with Crippen molar-refractivity contribution in [2.24, 2.45) is 5.73 Å². The van der Waals surface area contributed by atoms with Gasteiger partial charge < -0.3 is 15.2 Å². The van der Waals surface area contributed by atoms with Gasteiger partial charge in [0.2, 0.25) is 0 Å². The van der Waals surface area contributed by atoms with Gasteiger partial charge in [-0.3, -0.25) is 0 Å². The van der Waals surface area contributed by atoms with Gasteiger partial charge in [0.15, 0.2) is 0 Å². The van der Waals surface area contributed by atoms with Crippen LogP contribution in [0.5, 0.6) is 0 Å². The van der Waals surface area contributed by atoms with Gasteiger partial charge in [-0.05, 0) is 24.3 Å². The largest absolute Gasteiger partial charge is 0.379 e. The molecule has 3 atom stereocenters. The molecule has 0 spiro atoms. The van der Waals surface area contributed by atoms with Crippen LogP contribution in [-0.4, -0.2) is 25.4 Å². The Morgan fingerprint density at radius 3 is 3.12 bits per heavy atom. The molecule has 2 heterocycles. The molecular weight excluding hydrogens is 222 g/mol. The van der Waals surface area contributed by atoms with E-state index in [0.29, 0.717) is 6.61 Å². The van der Waals surface area contributed by atoms with Gasteiger partial charge in [-0.15, -0.1) is 11.3 Å². The van der Waals surface area contributed by atoms with Gasteiger partial charge >= 0.3 is 0 Å². The molecule has 2 N–H and O–H groups in total. The summed E-state index contributed by atoms with van der Waals surface area (Å²) in [6, 6.07) is 4.21. The maximum absolute atomic E-state index is 6.13. The molecule has 3 unspecified atom stereocenters. The lowest BCUT2D eigenvalue weighted by molar-refractivity contribution is -0.0283. The summed E-state index contributed by atoms with van der Waals surface area (Å²) in [5, 5.41) is 2.07. The van der Waals surface area contributed by atoms with Crippen molar-refractivity contribution in [1.82, 2.24) is 0 Å². The second-order valence-electron chi connectivity index (χ2n) is 4.13. The number of hydrogen-bond acceptors (Lipinski definition) is 4. The highest BCUT2D eigenvalue weighted by molar-refractivity contribution is 7.10. The number of rotatable bonds is 5. The second kappa shape index (κ2) is 5.77. The third-order valence-corrected chi connectivity index (χ3v) is 3.84. The molecule has 0 amide bonds. The first-order valence-electron chi connectivity index (χ1n) is 5.83. The van der Waals surface area contributed by atoms with E-state index in [0.717, 1.165) is 19.4 Å². The molecule has 16 heavy (non-hydrogen) atoms. The molecule has 1 aromatic rings. The summed E-state index contributed by atoms with van der Waals surface area (Å²) in [6.45, 7) is 3.61. The van der Waals surface area contributed by atoms with Crippen molar-refractivity contribution in [3.63, 3.8) is 0 Å². The molecule has 0 saturated carbocycles. The summed E-state index contributed by atoms with van der Waals surface area (Å²) in [5.74, 6) is 0. The summed E-state index contributed by atoms with van der Waals surface area (Å²) >= 11 is 1.71. The first-order valence-corrected chi connectivity index (χ1v) is 6.71. The van der Waals surface area contributed by atoms with E-state index in [4.69, 9.17) is 15.2 Å². The first kappa shape index (κ1) is 12.0. The smallest absolute Gasteiger partial charge is 0.107 e. The molecule has 1 aliphatic rings. The van der Waals surface area contributed by atoms with Crippen LogP contribution in [0.25, 0.3) is 0 Å². The van der Waals surface area contributed by atoms with Crippen molar-refractivity contribution in [3.8, 4) is 0 Å². The van der Waals surface area contributed by atoms with Crippen LogP contribution in [0.2, 0.25) is 0 Å². The Balaban J connectivity index is 2.02. The molecular formula is C12H19NO2S. The minimum absolute atomic E-state index is 0.0247. The zero-order chi connectivity index (χ0) is 11.4. The predicted octanol–water partition coefficient (Wildman–Crippen LogP) is 2.33. The van der Waals surface area contributed by atoms with Crippen molar-refractivity contribution in [3.05, 3.63) is 22.4 Å². The highest BCUT2D eigenvalue weighted by Crippen LogP contribution is 2.29. The van der Waals surface area contributed by atoms with Gasteiger partial charge in [0.1, 0.15) is 6.10 Å². The number of nitrogens with two attached hydrogens (primary N) is 1. The average molecular weight is 241 g/mol. The Morgan fingerprint density at radius 2 is 2.56 bits per heavy atom. The topological polar surface area (TPSA) is 44.5 Å². The Labute approximate surface area is 101 Å². The Hall–Kier alpha value is -0.420. The van der Waals surface area contributed by atoms with E-state index in [-0.39, 0.29) is 18.2 Å². The van der Waals surface area contributed by atoms with Gasteiger partial charge in [-0.2, -0.15) is 0 Å². The normalized spacial score (nSPS) is 24.5. The van der Waals surface area contributed by atoms with Crippen LogP contribution in [0.4, 0.5) is 0 Å². The fourth-order valence-corrected chi connectivity index (χ4v) is 2.71. The Bertz CT molecular complexity index is 296. The lowest BCUT2D eigenvalue weighted by atomic mass is 10.1. The lowest BCUT2D eigenvalue weighted by Crippen LogP contribution is -2.32. The van der Waals surface area contributed by atoms with Gasteiger partial charge in [0.05, 0.1) is 12.7 Å². The molecule has 1 aromatic heterocycles. The van der Waals surface area contributed by atoms with Crippen molar-refractivity contribution < 1.29 is 9.47 Å². The van der Waals surface area contributed by atoms with Crippen LogP contribution >= 0.6 is 11.3 Å². The van der Waals surface area contributed by atoms with Crippen LogP contribution in [0.1, 0.15) is 30.7 Å². The fraction of sp³-hybridized carbons (Fsp3) is 0.667. The first-order chi connectivity index (χ1) is 7.81. The molecule has 1 saturated heterocycles. The predicted molar refractivity (Wildman–Crippen MR) is 65.6 cm³/mol. The zero-order valence-corrected chi connectivity index (χ0v) is 10.4. The van der Waals surface area contributed by atoms with E-state index in [1.807, 2.05) is 6.07 Å². The molecule has 1 fully saturated rings. The molecule has 1 aliphatic heterocycles. The highest BCUT2D eigenvalue weighted by Gasteiger charge is 2.26. The summed E-state index contributed by atoms with van der Waals surface area (Å²) < 4.78 is 11.4. The summed E-state index contributed by atoms with van der Waals surface area (Å²) in [6.07, 6.45) is 2.15. The molecule has 0 bridgehead atoms. The lowest BCUT2D eigenvalue weighted by Gasteiger charge is -2.25. The van der Waals surface area contributed by atoms with Gasteiger partial charge in [-0.25, -0.2) is 0 Å². The molecule has 0 aromatic carbocycles. The quantitative estimate of drug-likeness (QED) is 0.860. The number of ether oxygens (including phenoxy) is 2. The van der Waals surface area contributed by atoms with Crippen molar-refractivity contribution in [2.45, 2.75) is 38.0 Å². The molecule has 3 nitrogen and oxygen atoms in total. The molecule has 4 heteroatoms. The Kier molecular flexibility index (Phi) is 4.35. The summed E-state index contributed by atoms with van der Waals surface area (Å²) in [5.41, 5.74) is 6.13. The monoisotopic (exact) mass is 241 g/mol. The van der Waals surface area contributed by atoms with E-state index < -0.39 is 0 Å². The van der Waals surface area contributed by atoms with Crippen LogP contribution in [0.15, 0.2) is 17.5 Å². The van der Waals surface area contributed by atoms with Crippen molar-refractivity contribution in [1.29, 1.82) is 0 Å². The summed E-state index contributed by atoms with van der Waals surface area (Å²) in [7, 11) is 0. The minimum atomic E-state index is 0.0247. The van der Waals surface area contributed by atoms with E-state index >= 15 is 0 Å². The second-order valence-corrected chi connectivity index (χ2v) is 5.11. The third kappa shape index (κ3) is 2.83. The average Bonchev–Trinajstić information content (AvgIpc) is 2.97. The standard InChI is InChI=1S/C12H19NO2S/c1-2-10(13)12(11-4-3-7-16-11)15-9-5-6-14-8-9/h3-4,7,9-10,12H,2,5-6,8,13H2,1H3. The van der Waals surface area contributed by atoms with Crippen LogP contribution in [-0.2, 0) is 9.47 Å². The minimum Gasteiger partial charge on any atom is -0.379 e. The zero-order valence-electron chi connectivity index (χ0n) is 9.59. The van der Waals surface area contributed by atoms with E-state index in [1.54, 1.807) is 11.3 Å². The maximum atomic E-state index is 6.13. The van der Waals surface area contributed by atoms with E-state index in [2.05, 4.69) is 18.4 Å². The number of hydrogen-bond donors (Lipinski definition) is 1. The number of thiophene rings is 1. The molecule has 90 valence electrons. The van der Waals surface area contributed by atoms with Gasteiger partial charge in [0, 0.05) is 17.5 Å². The molecule has 0 radical (unpaired) electrons. The molecule has 0 aliphatic carbocycles. The van der Waals surface area contributed by atoms with Crippen LogP contribution in [0.3, 0.4) is 0 Å². The van der Waals surface area contributed by atoms with Crippen molar-refractivity contribution >= 4 is 11.3 Å². The highest BCUT2D eigenvalue weighted by atomic mass is 32.1. The Morgan fingerprint density at radius 1 is 1.69 bits per heavy atom. The summed E-state index contributed by atoms with van der Waals surface area (Å²) in [4.78, 5) is 1.22. The molecule has 2 rings (SSSR count). The van der Waals surface area contributed by atoms with Crippen LogP contribution in [0, 0.1) is 0 Å². The van der Waals surface area contributed by atoms with E-state index in [9.17, 15) is 0 Å². The van der Waals surface area contributed by atoms with Gasteiger partial charge in [0.25, 0.3) is 0 Å². The van der Waals surface area contributed by atoms with Crippen molar-refractivity contribution in [2.75, 3.05) is 13.2 Å². The SMILES string of the molecule is CCC(N)C(OC1CCOC1)c1cccs1. The maximum Gasteiger partial charge on any atom is 0.107 e. The third-order valence-electron chi connectivity index (χ3n) is 2.91. The van der Waals surface area contributed by atoms with E-state index in [1.165, 1.54) is 4.88 Å². The van der Waals surface area contributed by atoms with Crippen LogP contribution < -0.4 is 5.73 Å². The van der Waals surface area contributed by atoms with Gasteiger partial charge in [-0.1, -0.05) is 13.0 Å². The fourth-order valence-electron chi connectivity index (χ4n) is 1.87.